The van der Waals surface area contributed by atoms with Crippen LogP contribution in [0.2, 0.25) is 0 Å². The van der Waals surface area contributed by atoms with Crippen molar-refractivity contribution in [2.24, 2.45) is 0 Å². The van der Waals surface area contributed by atoms with Crippen LogP contribution in [-0.2, 0) is 11.8 Å². The highest BCUT2D eigenvalue weighted by atomic mass is 35.5. The first-order valence-corrected chi connectivity index (χ1v) is 6.77. The summed E-state index contributed by atoms with van der Waals surface area (Å²) in [6.45, 7) is 0. The Bertz CT molecular complexity index is 726. The van der Waals surface area contributed by atoms with E-state index in [1.54, 1.807) is 19.2 Å². The molecular weight excluding hydrogens is 307 g/mol. The summed E-state index contributed by atoms with van der Waals surface area (Å²) < 4.78 is 10.6. The zero-order valence-electron chi connectivity index (χ0n) is 11.2. The topological polar surface area (TPSA) is 18.5 Å². The average Bonchev–Trinajstić information content (AvgIpc) is 2.53. The quantitative estimate of drug-likeness (QED) is 0.627. The van der Waals surface area contributed by atoms with Gasteiger partial charge in [-0.1, -0.05) is 0 Å². The molecule has 0 bridgehead atoms. The van der Waals surface area contributed by atoms with Crippen molar-refractivity contribution in [3.8, 4) is 59.6 Å². The number of halogens is 2. The minimum atomic E-state index is 0.259. The molecule has 2 nitrogen and oxygen atoms in total. The Hall–Kier alpha value is -2.36. The number of methoxy groups -OCH3 is 1. The number of hydrogen-bond acceptors (Lipinski definition) is 2. The molecule has 0 aromatic heterocycles. The van der Waals surface area contributed by atoms with Crippen LogP contribution in [0.4, 0.5) is 0 Å². The maximum atomic E-state index is 5.87. The van der Waals surface area contributed by atoms with Crippen molar-refractivity contribution in [2.75, 3.05) is 7.11 Å². The zero-order chi connectivity index (χ0) is 15.5. The summed E-state index contributed by atoms with van der Waals surface area (Å²) >= 11 is 11.7. The highest BCUT2D eigenvalue weighted by Gasteiger charge is 2.10. The third kappa shape index (κ3) is 5.26. The summed E-state index contributed by atoms with van der Waals surface area (Å²) in [5, 5.41) is 0. The average molecular weight is 317 g/mol. The monoisotopic (exact) mass is 316 g/mol. The molecule has 0 amide bonds. The molecule has 104 valence electrons. The first kappa shape index (κ1) is 16.7. The van der Waals surface area contributed by atoms with Crippen molar-refractivity contribution in [3.63, 3.8) is 0 Å². The van der Waals surface area contributed by atoms with E-state index in [4.69, 9.17) is 39.1 Å². The van der Waals surface area contributed by atoms with E-state index in [1.807, 2.05) is 0 Å². The van der Waals surface area contributed by atoms with Gasteiger partial charge in [0.2, 0.25) is 0 Å². The Morgan fingerprint density at radius 1 is 0.952 bits per heavy atom. The van der Waals surface area contributed by atoms with Crippen LogP contribution in [0.1, 0.15) is 11.1 Å². The maximum Gasteiger partial charge on any atom is 0.145 e. The predicted octanol–water partition coefficient (Wildman–Crippen LogP) is 3.15. The molecule has 0 unspecified atom stereocenters. The summed E-state index contributed by atoms with van der Waals surface area (Å²) in [5.74, 6) is 16.1. The van der Waals surface area contributed by atoms with Crippen molar-refractivity contribution in [1.82, 2.24) is 0 Å². The number of rotatable bonds is 4. The van der Waals surface area contributed by atoms with Crippen LogP contribution in [0.15, 0.2) is 12.1 Å². The van der Waals surface area contributed by atoms with E-state index in [0.29, 0.717) is 11.5 Å². The fourth-order valence-corrected chi connectivity index (χ4v) is 1.79. The Labute approximate surface area is 134 Å². The molecule has 1 rings (SSSR count). The molecule has 0 fully saturated rings. The molecule has 0 saturated carbocycles. The van der Waals surface area contributed by atoms with Gasteiger partial charge in [0.15, 0.2) is 0 Å². The van der Waals surface area contributed by atoms with E-state index in [2.05, 4.69) is 41.6 Å². The van der Waals surface area contributed by atoms with Gasteiger partial charge in [-0.25, -0.2) is 0 Å². The van der Waals surface area contributed by atoms with E-state index in [0.717, 1.165) is 11.1 Å². The van der Waals surface area contributed by atoms with Crippen LogP contribution in [0.25, 0.3) is 0 Å². The van der Waals surface area contributed by atoms with E-state index in [-0.39, 0.29) is 11.8 Å². The summed E-state index contributed by atoms with van der Waals surface area (Å²) in [5.41, 5.74) is 1.53. The second-order valence-electron chi connectivity index (χ2n) is 3.51. The molecule has 4 heteroatoms. The Kier molecular flexibility index (Phi) is 7.58. The largest absolute Gasteiger partial charge is 0.496 e. The van der Waals surface area contributed by atoms with Crippen molar-refractivity contribution < 1.29 is 9.47 Å². The lowest BCUT2D eigenvalue weighted by Gasteiger charge is -2.11. The first-order chi connectivity index (χ1) is 10.3. The number of benzene rings is 1. The van der Waals surface area contributed by atoms with Gasteiger partial charge in [0.25, 0.3) is 0 Å². The molecule has 0 radical (unpaired) electrons. The molecule has 0 N–H and O–H groups in total. The Morgan fingerprint density at radius 3 is 2.14 bits per heavy atom. The number of hydrogen-bond donors (Lipinski definition) is 0. The molecular formula is C17H10Cl2O2. The van der Waals surface area contributed by atoms with Crippen LogP contribution < -0.4 is 9.47 Å². The van der Waals surface area contributed by atoms with Gasteiger partial charge in [-0.3, -0.25) is 0 Å². The molecule has 0 aliphatic carbocycles. The lowest BCUT2D eigenvalue weighted by atomic mass is 10.1. The fraction of sp³-hybridized carbons (Fsp3) is 0.176. The van der Waals surface area contributed by atoms with Crippen molar-refractivity contribution in [3.05, 3.63) is 23.3 Å². The van der Waals surface area contributed by atoms with Gasteiger partial charge in [0.1, 0.15) is 17.6 Å². The van der Waals surface area contributed by atoms with Crippen molar-refractivity contribution >= 4 is 23.2 Å². The molecule has 0 heterocycles. The van der Waals surface area contributed by atoms with Crippen molar-refractivity contribution in [1.29, 1.82) is 0 Å². The highest BCUT2D eigenvalue weighted by molar-refractivity contribution is 6.18. The number of terminal acetylenes is 1. The molecule has 0 spiro atoms. The molecule has 1 aromatic carbocycles. The SMILES string of the molecule is C#CC#CC#CC#COc1cc(CCl)c(OC)cc1CCl. The lowest BCUT2D eigenvalue weighted by Crippen LogP contribution is -1.95. The van der Waals surface area contributed by atoms with Crippen molar-refractivity contribution in [2.45, 2.75) is 11.8 Å². The Morgan fingerprint density at radius 2 is 1.52 bits per heavy atom. The van der Waals surface area contributed by atoms with Crippen LogP contribution >= 0.6 is 23.2 Å². The molecule has 0 atom stereocenters. The van der Waals surface area contributed by atoms with E-state index < -0.39 is 0 Å². The van der Waals surface area contributed by atoms with Gasteiger partial charge in [-0.15, -0.1) is 29.6 Å². The van der Waals surface area contributed by atoms with Crippen LogP contribution in [0.5, 0.6) is 11.5 Å². The summed E-state index contributed by atoms with van der Waals surface area (Å²) in [4.78, 5) is 0. The number of alkyl halides is 2. The van der Waals surface area contributed by atoms with Gasteiger partial charge < -0.3 is 9.47 Å². The molecule has 21 heavy (non-hydrogen) atoms. The molecule has 0 aliphatic rings. The standard InChI is InChI=1S/C17H10Cl2O2/c1-3-4-5-6-7-8-9-21-17-11-14(12-18)16(20-2)10-15(17)13-19/h1,10-11H,12-13H2,2H3. The summed E-state index contributed by atoms with van der Waals surface area (Å²) in [6.07, 6.45) is 7.40. The summed E-state index contributed by atoms with van der Waals surface area (Å²) in [7, 11) is 1.57. The first-order valence-electron chi connectivity index (χ1n) is 5.71. The minimum Gasteiger partial charge on any atom is -0.496 e. The molecule has 0 saturated heterocycles. The molecule has 0 aliphatic heterocycles. The number of ether oxygens (including phenoxy) is 2. The third-order valence-electron chi connectivity index (χ3n) is 2.29. The second kappa shape index (κ2) is 9.53. The van der Waals surface area contributed by atoms with Gasteiger partial charge >= 0.3 is 0 Å². The molecule has 1 aromatic rings. The normalized spacial score (nSPS) is 7.90. The maximum absolute atomic E-state index is 5.87. The van der Waals surface area contributed by atoms with Gasteiger partial charge in [-0.2, -0.15) is 0 Å². The minimum absolute atomic E-state index is 0.259. The van der Waals surface area contributed by atoms with Gasteiger partial charge in [0.05, 0.1) is 18.9 Å². The van der Waals surface area contributed by atoms with Gasteiger partial charge in [0, 0.05) is 28.9 Å². The Balaban J connectivity index is 2.95. The van der Waals surface area contributed by atoms with Crippen LogP contribution in [0.3, 0.4) is 0 Å². The second-order valence-corrected chi connectivity index (χ2v) is 4.05. The highest BCUT2D eigenvalue weighted by Crippen LogP contribution is 2.31. The fourth-order valence-electron chi connectivity index (χ4n) is 1.37. The zero-order valence-corrected chi connectivity index (χ0v) is 12.7. The van der Waals surface area contributed by atoms with Gasteiger partial charge in [-0.05, 0) is 29.9 Å². The van der Waals surface area contributed by atoms with E-state index in [1.165, 1.54) is 0 Å². The third-order valence-corrected chi connectivity index (χ3v) is 2.86. The van der Waals surface area contributed by atoms with Crippen LogP contribution in [0, 0.1) is 48.1 Å². The summed E-state index contributed by atoms with van der Waals surface area (Å²) in [6, 6.07) is 3.51. The van der Waals surface area contributed by atoms with E-state index >= 15 is 0 Å². The van der Waals surface area contributed by atoms with E-state index in [9.17, 15) is 0 Å². The smallest absolute Gasteiger partial charge is 0.145 e. The van der Waals surface area contributed by atoms with Crippen LogP contribution in [-0.4, -0.2) is 7.11 Å². The lowest BCUT2D eigenvalue weighted by molar-refractivity contribution is 0.409. The predicted molar refractivity (Wildman–Crippen MR) is 84.9 cm³/mol.